The second-order valence-electron chi connectivity index (χ2n) is 3.31. The Labute approximate surface area is 81.6 Å². The number of nitrogens with zero attached hydrogens (tertiary/aromatic N) is 1. The number of benzene rings is 1. The minimum absolute atomic E-state index is 0.236. The van der Waals surface area contributed by atoms with E-state index in [9.17, 15) is 9.90 Å². The lowest BCUT2D eigenvalue weighted by Gasteiger charge is -1.97. The van der Waals surface area contributed by atoms with E-state index < -0.39 is 0 Å². The molecule has 3 nitrogen and oxygen atoms in total. The van der Waals surface area contributed by atoms with Gasteiger partial charge in [0, 0.05) is 25.1 Å². The molecule has 1 aromatic carbocycles. The normalized spacial score (nSPS) is 10.6. The van der Waals surface area contributed by atoms with Crippen LogP contribution in [-0.2, 0) is 18.3 Å². The smallest absolute Gasteiger partial charge is 0.125 e. The van der Waals surface area contributed by atoms with E-state index in [0.717, 1.165) is 22.8 Å². The summed E-state index contributed by atoms with van der Waals surface area (Å²) in [5.41, 5.74) is 1.82. The van der Waals surface area contributed by atoms with E-state index >= 15 is 0 Å². The van der Waals surface area contributed by atoms with Crippen molar-refractivity contribution in [2.75, 3.05) is 0 Å². The van der Waals surface area contributed by atoms with Crippen molar-refractivity contribution in [2.45, 2.75) is 6.42 Å². The van der Waals surface area contributed by atoms with Crippen LogP contribution in [0.4, 0.5) is 0 Å². The van der Waals surface area contributed by atoms with Crippen LogP contribution in [0.2, 0.25) is 0 Å². The molecule has 1 N–H and O–H groups in total. The quantitative estimate of drug-likeness (QED) is 0.729. The molecule has 2 aromatic rings. The van der Waals surface area contributed by atoms with Crippen molar-refractivity contribution in [1.29, 1.82) is 0 Å². The fourth-order valence-corrected chi connectivity index (χ4v) is 1.76. The fraction of sp³-hybridized carbons (Fsp3) is 0.182. The van der Waals surface area contributed by atoms with E-state index in [1.165, 1.54) is 0 Å². The third-order valence-electron chi connectivity index (χ3n) is 2.37. The molecule has 0 saturated heterocycles. The summed E-state index contributed by atoms with van der Waals surface area (Å²) < 4.78 is 1.91. The first-order valence-electron chi connectivity index (χ1n) is 4.43. The molecule has 0 unspecified atom stereocenters. The molecule has 0 aliphatic rings. The minimum atomic E-state index is 0.236. The predicted molar refractivity (Wildman–Crippen MR) is 54.4 cm³/mol. The van der Waals surface area contributed by atoms with Crippen LogP contribution >= 0.6 is 0 Å². The molecule has 0 radical (unpaired) electrons. The summed E-state index contributed by atoms with van der Waals surface area (Å²) in [6.45, 7) is 0. The number of aryl methyl sites for hydroxylation is 1. The first-order chi connectivity index (χ1) is 6.74. The average molecular weight is 189 g/mol. The first-order valence-corrected chi connectivity index (χ1v) is 4.43. The molecule has 1 heterocycles. The number of rotatable bonds is 2. The highest BCUT2D eigenvalue weighted by atomic mass is 16.3. The lowest BCUT2D eigenvalue weighted by Crippen LogP contribution is -1.83. The van der Waals surface area contributed by atoms with Crippen LogP contribution in [0.3, 0.4) is 0 Å². The van der Waals surface area contributed by atoms with Gasteiger partial charge >= 0.3 is 0 Å². The lowest BCUT2D eigenvalue weighted by molar-refractivity contribution is -0.107. The van der Waals surface area contributed by atoms with Crippen molar-refractivity contribution in [2.24, 2.45) is 7.05 Å². The summed E-state index contributed by atoms with van der Waals surface area (Å²) in [5, 5.41) is 10.4. The van der Waals surface area contributed by atoms with Gasteiger partial charge in [-0.1, -0.05) is 6.07 Å². The fourth-order valence-electron chi connectivity index (χ4n) is 1.76. The van der Waals surface area contributed by atoms with Crippen molar-refractivity contribution >= 4 is 17.2 Å². The van der Waals surface area contributed by atoms with Gasteiger partial charge in [0.25, 0.3) is 0 Å². The van der Waals surface area contributed by atoms with Gasteiger partial charge in [0.2, 0.25) is 0 Å². The standard InChI is InChI=1S/C11H11NO2/c1-12-7-8(5-6-13)11-9(12)3-2-4-10(11)14/h2-4,6-7,14H,5H2,1H3. The summed E-state index contributed by atoms with van der Waals surface area (Å²) in [7, 11) is 1.90. The SMILES string of the molecule is Cn1cc(CC=O)c2c(O)cccc21. The van der Waals surface area contributed by atoms with Gasteiger partial charge in [0.15, 0.2) is 0 Å². The maximum Gasteiger partial charge on any atom is 0.125 e. The highest BCUT2D eigenvalue weighted by Crippen LogP contribution is 2.28. The molecule has 14 heavy (non-hydrogen) atoms. The van der Waals surface area contributed by atoms with Gasteiger partial charge < -0.3 is 14.5 Å². The number of hydrogen-bond acceptors (Lipinski definition) is 2. The van der Waals surface area contributed by atoms with Crippen molar-refractivity contribution in [3.63, 3.8) is 0 Å². The average Bonchev–Trinajstić information content (AvgIpc) is 2.46. The van der Waals surface area contributed by atoms with Gasteiger partial charge in [-0.2, -0.15) is 0 Å². The van der Waals surface area contributed by atoms with E-state index in [4.69, 9.17) is 0 Å². The maximum absolute atomic E-state index is 10.4. The Bertz CT molecular complexity index is 485. The van der Waals surface area contributed by atoms with Gasteiger partial charge in [0.1, 0.15) is 12.0 Å². The molecule has 0 aliphatic heterocycles. The highest BCUT2D eigenvalue weighted by molar-refractivity contribution is 5.91. The third-order valence-corrected chi connectivity index (χ3v) is 2.37. The summed E-state index contributed by atoms with van der Waals surface area (Å²) >= 11 is 0. The molecule has 0 atom stereocenters. The Balaban J connectivity index is 2.78. The minimum Gasteiger partial charge on any atom is -0.507 e. The summed E-state index contributed by atoms with van der Waals surface area (Å²) in [5.74, 6) is 0.236. The van der Waals surface area contributed by atoms with Gasteiger partial charge in [-0.15, -0.1) is 0 Å². The molecule has 0 fully saturated rings. The highest BCUT2D eigenvalue weighted by Gasteiger charge is 2.09. The maximum atomic E-state index is 10.4. The lowest BCUT2D eigenvalue weighted by atomic mass is 10.1. The number of phenolic OH excluding ortho intramolecular Hbond substituents is 1. The largest absolute Gasteiger partial charge is 0.507 e. The molecule has 0 spiro atoms. The Morgan fingerprint density at radius 3 is 3.00 bits per heavy atom. The number of fused-ring (bicyclic) bond motifs is 1. The molecule has 1 aromatic heterocycles. The number of phenols is 1. The molecule has 2 rings (SSSR count). The van der Waals surface area contributed by atoms with Crippen LogP contribution in [0.5, 0.6) is 5.75 Å². The predicted octanol–water partition coefficient (Wildman–Crippen LogP) is 1.63. The van der Waals surface area contributed by atoms with E-state index in [1.54, 1.807) is 12.1 Å². The van der Waals surface area contributed by atoms with Gasteiger partial charge in [0.05, 0.1) is 5.52 Å². The Hall–Kier alpha value is -1.77. The molecule has 0 saturated carbocycles. The first kappa shape index (κ1) is 8.81. The summed E-state index contributed by atoms with van der Waals surface area (Å²) in [4.78, 5) is 10.4. The summed E-state index contributed by atoms with van der Waals surface area (Å²) in [6, 6.07) is 5.35. The zero-order valence-electron chi connectivity index (χ0n) is 7.90. The Morgan fingerprint density at radius 2 is 2.29 bits per heavy atom. The molecule has 72 valence electrons. The monoisotopic (exact) mass is 189 g/mol. The van der Waals surface area contributed by atoms with Crippen molar-refractivity contribution < 1.29 is 9.90 Å². The van der Waals surface area contributed by atoms with Crippen molar-refractivity contribution in [3.8, 4) is 5.75 Å². The number of aromatic hydroxyl groups is 1. The summed E-state index contributed by atoms with van der Waals surface area (Å²) in [6.07, 6.45) is 3.06. The molecule has 0 amide bonds. The topological polar surface area (TPSA) is 42.2 Å². The van der Waals surface area contributed by atoms with E-state index in [-0.39, 0.29) is 5.75 Å². The Morgan fingerprint density at radius 1 is 1.50 bits per heavy atom. The molecular weight excluding hydrogens is 178 g/mol. The zero-order chi connectivity index (χ0) is 10.1. The number of carbonyl (C=O) groups is 1. The van der Waals surface area contributed by atoms with Gasteiger partial charge in [-0.25, -0.2) is 0 Å². The number of carbonyl (C=O) groups excluding carboxylic acids is 1. The van der Waals surface area contributed by atoms with Crippen LogP contribution in [0, 0.1) is 0 Å². The molecular formula is C11H11NO2. The van der Waals surface area contributed by atoms with Crippen LogP contribution in [-0.4, -0.2) is 16.0 Å². The molecule has 0 aliphatic carbocycles. The van der Waals surface area contributed by atoms with Crippen LogP contribution in [0.1, 0.15) is 5.56 Å². The van der Waals surface area contributed by atoms with E-state index in [0.29, 0.717) is 6.42 Å². The second-order valence-corrected chi connectivity index (χ2v) is 3.31. The molecule has 3 heteroatoms. The van der Waals surface area contributed by atoms with Crippen LogP contribution < -0.4 is 0 Å². The van der Waals surface area contributed by atoms with E-state index in [1.807, 2.05) is 23.9 Å². The molecule has 0 bridgehead atoms. The van der Waals surface area contributed by atoms with Gasteiger partial charge in [-0.3, -0.25) is 0 Å². The van der Waals surface area contributed by atoms with Crippen LogP contribution in [0.25, 0.3) is 10.9 Å². The van der Waals surface area contributed by atoms with Crippen molar-refractivity contribution in [1.82, 2.24) is 4.57 Å². The van der Waals surface area contributed by atoms with Crippen LogP contribution in [0.15, 0.2) is 24.4 Å². The van der Waals surface area contributed by atoms with E-state index in [2.05, 4.69) is 0 Å². The van der Waals surface area contributed by atoms with Crippen molar-refractivity contribution in [3.05, 3.63) is 30.0 Å². The third kappa shape index (κ3) is 1.18. The number of aldehydes is 1. The zero-order valence-corrected chi connectivity index (χ0v) is 7.90. The second kappa shape index (κ2) is 3.18. The number of aromatic nitrogens is 1. The van der Waals surface area contributed by atoms with Gasteiger partial charge in [-0.05, 0) is 17.7 Å². The number of hydrogen-bond donors (Lipinski definition) is 1. The Kier molecular flexibility index (Phi) is 2.00.